The number of hydrogen-bond donors (Lipinski definition) is 1. The maximum absolute atomic E-state index is 12.1. The molecule has 3 aromatic rings. The van der Waals surface area contributed by atoms with Crippen LogP contribution in [0.5, 0.6) is 17.6 Å². The lowest BCUT2D eigenvalue weighted by Gasteiger charge is -2.26. The van der Waals surface area contributed by atoms with Crippen LogP contribution in [0.15, 0.2) is 57.7 Å². The third kappa shape index (κ3) is 5.41. The summed E-state index contributed by atoms with van der Waals surface area (Å²) < 4.78 is 17.5. The Hall–Kier alpha value is -2.81. The maximum atomic E-state index is 12.1. The Balaban J connectivity index is 1.31. The van der Waals surface area contributed by atoms with E-state index in [0.29, 0.717) is 23.1 Å². The SMILES string of the molecule is O=c1oc(Oc2ccc(Cl)cc2)nn1-c1ccc(OCCCN2CCNCC2)cc1. The Bertz CT molecular complexity index is 995. The van der Waals surface area contributed by atoms with E-state index in [1.165, 1.54) is 0 Å². The van der Waals surface area contributed by atoms with E-state index in [4.69, 9.17) is 25.5 Å². The highest BCUT2D eigenvalue weighted by Gasteiger charge is 2.12. The molecule has 158 valence electrons. The fourth-order valence-corrected chi connectivity index (χ4v) is 3.29. The third-order valence-corrected chi connectivity index (χ3v) is 4.98. The number of piperazine rings is 1. The van der Waals surface area contributed by atoms with Crippen LogP contribution in [0, 0.1) is 0 Å². The molecule has 0 bridgehead atoms. The lowest BCUT2D eigenvalue weighted by atomic mass is 10.3. The van der Waals surface area contributed by atoms with Crippen molar-refractivity contribution < 1.29 is 13.9 Å². The third-order valence-electron chi connectivity index (χ3n) is 4.73. The number of ether oxygens (including phenoxy) is 2. The predicted octanol–water partition coefficient (Wildman–Crippen LogP) is 2.95. The zero-order valence-corrected chi connectivity index (χ0v) is 17.2. The molecular formula is C21H23ClN4O4. The standard InChI is InChI=1S/C21H23ClN4O4/c22-16-2-6-19(7-3-16)29-20-24-26(21(27)30-20)17-4-8-18(9-5-17)28-15-1-12-25-13-10-23-11-14-25/h2-9,23H,1,10-15H2. The molecule has 1 N–H and O–H groups in total. The topological polar surface area (TPSA) is 81.8 Å². The second-order valence-corrected chi connectivity index (χ2v) is 7.33. The van der Waals surface area contributed by atoms with Crippen LogP contribution >= 0.6 is 11.6 Å². The van der Waals surface area contributed by atoms with Crippen LogP contribution in [0.2, 0.25) is 5.02 Å². The molecule has 1 saturated heterocycles. The number of hydrogen-bond acceptors (Lipinski definition) is 7. The van der Waals surface area contributed by atoms with Gasteiger partial charge in [-0.05, 0) is 55.0 Å². The quantitative estimate of drug-likeness (QED) is 0.550. The summed E-state index contributed by atoms with van der Waals surface area (Å²) in [5.74, 6) is 0.578. The Morgan fingerprint density at radius 3 is 2.47 bits per heavy atom. The molecule has 8 nitrogen and oxygen atoms in total. The van der Waals surface area contributed by atoms with Gasteiger partial charge in [0.15, 0.2) is 0 Å². The van der Waals surface area contributed by atoms with Gasteiger partial charge in [0.1, 0.15) is 11.5 Å². The molecule has 4 rings (SSSR count). The first-order valence-corrected chi connectivity index (χ1v) is 10.2. The predicted molar refractivity (Wildman–Crippen MR) is 113 cm³/mol. The smallest absolute Gasteiger partial charge is 0.444 e. The van der Waals surface area contributed by atoms with Gasteiger partial charge in [-0.2, -0.15) is 4.68 Å². The van der Waals surface area contributed by atoms with E-state index >= 15 is 0 Å². The maximum Gasteiger partial charge on any atom is 0.444 e. The molecule has 0 radical (unpaired) electrons. The molecule has 1 aliphatic heterocycles. The molecule has 0 saturated carbocycles. The second kappa shape index (κ2) is 9.80. The van der Waals surface area contributed by atoms with Gasteiger partial charge in [0.25, 0.3) is 0 Å². The van der Waals surface area contributed by atoms with Crippen molar-refractivity contribution in [1.82, 2.24) is 20.0 Å². The number of nitrogens with zero attached hydrogens (tertiary/aromatic N) is 3. The molecular weight excluding hydrogens is 408 g/mol. The van der Waals surface area contributed by atoms with E-state index in [0.717, 1.165) is 49.6 Å². The largest absolute Gasteiger partial charge is 0.494 e. The molecule has 2 heterocycles. The van der Waals surface area contributed by atoms with E-state index in [2.05, 4.69) is 15.3 Å². The summed E-state index contributed by atoms with van der Waals surface area (Å²) in [6, 6.07) is 13.8. The van der Waals surface area contributed by atoms with E-state index in [1.54, 1.807) is 48.5 Å². The lowest BCUT2D eigenvalue weighted by molar-refractivity contribution is 0.214. The number of aromatic nitrogens is 2. The summed E-state index contributed by atoms with van der Waals surface area (Å²) >= 11 is 5.85. The highest BCUT2D eigenvalue weighted by atomic mass is 35.5. The zero-order chi connectivity index (χ0) is 20.8. The molecule has 1 fully saturated rings. The van der Waals surface area contributed by atoms with Gasteiger partial charge in [-0.25, -0.2) is 4.79 Å². The van der Waals surface area contributed by atoms with Crippen molar-refractivity contribution in [2.45, 2.75) is 6.42 Å². The number of benzene rings is 2. The minimum Gasteiger partial charge on any atom is -0.494 e. The highest BCUT2D eigenvalue weighted by molar-refractivity contribution is 6.30. The van der Waals surface area contributed by atoms with Crippen LogP contribution in [0.3, 0.4) is 0 Å². The first-order valence-electron chi connectivity index (χ1n) is 9.87. The van der Waals surface area contributed by atoms with Gasteiger partial charge in [-0.1, -0.05) is 16.7 Å². The second-order valence-electron chi connectivity index (χ2n) is 6.89. The van der Waals surface area contributed by atoms with E-state index in [-0.39, 0.29) is 6.08 Å². The average molecular weight is 431 g/mol. The van der Waals surface area contributed by atoms with Crippen molar-refractivity contribution in [2.75, 3.05) is 39.3 Å². The van der Waals surface area contributed by atoms with Gasteiger partial charge in [0, 0.05) is 37.7 Å². The van der Waals surface area contributed by atoms with Gasteiger partial charge < -0.3 is 24.1 Å². The van der Waals surface area contributed by atoms with Crippen LogP contribution in [-0.4, -0.2) is 54.0 Å². The van der Waals surface area contributed by atoms with E-state index in [9.17, 15) is 4.79 Å². The molecule has 0 atom stereocenters. The van der Waals surface area contributed by atoms with E-state index in [1.807, 2.05) is 0 Å². The normalized spacial score (nSPS) is 14.6. The Morgan fingerprint density at radius 1 is 1.03 bits per heavy atom. The minimum absolute atomic E-state index is 0.143. The Kier molecular flexibility index (Phi) is 6.68. The number of rotatable bonds is 8. The Morgan fingerprint density at radius 2 is 1.73 bits per heavy atom. The van der Waals surface area contributed by atoms with Crippen LogP contribution in [0.1, 0.15) is 6.42 Å². The lowest BCUT2D eigenvalue weighted by Crippen LogP contribution is -2.43. The summed E-state index contributed by atoms with van der Waals surface area (Å²) in [5.41, 5.74) is 0.558. The van der Waals surface area contributed by atoms with Crippen molar-refractivity contribution in [1.29, 1.82) is 0 Å². The molecule has 30 heavy (non-hydrogen) atoms. The fourth-order valence-electron chi connectivity index (χ4n) is 3.17. The minimum atomic E-state index is -0.636. The monoisotopic (exact) mass is 430 g/mol. The first kappa shape index (κ1) is 20.5. The van der Waals surface area contributed by atoms with Gasteiger partial charge in [-0.3, -0.25) is 0 Å². The van der Waals surface area contributed by atoms with Gasteiger partial charge >= 0.3 is 11.8 Å². The molecule has 1 aromatic heterocycles. The first-order chi connectivity index (χ1) is 14.7. The van der Waals surface area contributed by atoms with Gasteiger partial charge in [-0.15, -0.1) is 0 Å². The summed E-state index contributed by atoms with van der Waals surface area (Å²) in [6.07, 6.45) is 0.825. The zero-order valence-electron chi connectivity index (χ0n) is 16.4. The van der Waals surface area contributed by atoms with Crippen molar-refractivity contribution >= 4 is 11.6 Å². The van der Waals surface area contributed by atoms with Crippen LogP contribution in [0.25, 0.3) is 5.69 Å². The molecule has 0 spiro atoms. The average Bonchev–Trinajstić information content (AvgIpc) is 3.14. The van der Waals surface area contributed by atoms with Crippen molar-refractivity contribution in [2.24, 2.45) is 0 Å². The molecule has 2 aromatic carbocycles. The molecule has 9 heteroatoms. The van der Waals surface area contributed by atoms with Crippen LogP contribution in [-0.2, 0) is 0 Å². The number of nitrogens with one attached hydrogen (secondary N) is 1. The van der Waals surface area contributed by atoms with Crippen molar-refractivity contribution in [3.63, 3.8) is 0 Å². The summed E-state index contributed by atoms with van der Waals surface area (Å²) in [4.78, 5) is 14.6. The summed E-state index contributed by atoms with van der Waals surface area (Å²) in [7, 11) is 0. The fraction of sp³-hybridized carbons (Fsp3) is 0.333. The molecule has 0 amide bonds. The van der Waals surface area contributed by atoms with Crippen LogP contribution < -0.4 is 20.5 Å². The molecule has 0 unspecified atom stereocenters. The molecule has 0 aliphatic carbocycles. The number of halogens is 1. The Labute approximate surface area is 179 Å². The van der Waals surface area contributed by atoms with Gasteiger partial charge in [0.2, 0.25) is 0 Å². The van der Waals surface area contributed by atoms with E-state index < -0.39 is 5.76 Å². The van der Waals surface area contributed by atoms with Crippen LogP contribution in [0.4, 0.5) is 0 Å². The molecule has 1 aliphatic rings. The van der Waals surface area contributed by atoms with Crippen molar-refractivity contribution in [3.05, 3.63) is 64.1 Å². The van der Waals surface area contributed by atoms with Crippen molar-refractivity contribution in [3.8, 4) is 23.3 Å². The summed E-state index contributed by atoms with van der Waals surface area (Å²) in [6.45, 7) is 5.96. The summed E-state index contributed by atoms with van der Waals surface area (Å²) in [5, 5.41) is 8.02. The van der Waals surface area contributed by atoms with Gasteiger partial charge in [0.05, 0.1) is 12.3 Å². The highest BCUT2D eigenvalue weighted by Crippen LogP contribution is 2.21.